The van der Waals surface area contributed by atoms with Gasteiger partial charge in [0, 0.05) is 5.69 Å². The lowest BCUT2D eigenvalue weighted by Gasteiger charge is -2.11. The Morgan fingerprint density at radius 1 is 1.04 bits per heavy atom. The molecule has 0 fully saturated rings. The summed E-state index contributed by atoms with van der Waals surface area (Å²) in [7, 11) is 0. The number of para-hydroxylation sites is 1. The highest BCUT2D eigenvalue weighted by Gasteiger charge is 2.20. The van der Waals surface area contributed by atoms with Crippen molar-refractivity contribution < 1.29 is 9.53 Å². The summed E-state index contributed by atoms with van der Waals surface area (Å²) in [4.78, 5) is 13.1. The van der Waals surface area contributed by atoms with Crippen LogP contribution in [-0.4, -0.2) is 15.7 Å². The van der Waals surface area contributed by atoms with Crippen molar-refractivity contribution in [1.29, 1.82) is 0 Å². The topological polar surface area (TPSA) is 44.1 Å². The summed E-state index contributed by atoms with van der Waals surface area (Å²) in [5.74, 6) is 0.419. The van der Waals surface area contributed by atoms with Crippen LogP contribution in [0.1, 0.15) is 46.2 Å². The highest BCUT2D eigenvalue weighted by Crippen LogP contribution is 2.23. The molecule has 26 heavy (non-hydrogen) atoms. The standard InChI is InChI=1S/C22H24N2O2/c1-4-10-19-16(2)23-24(17(19)3)22(25)20-13-8-9-14-21(20)26-15-18-11-6-5-7-12-18/h5-9,11-14H,4,10,15H2,1-3H3. The van der Waals surface area contributed by atoms with Crippen molar-refractivity contribution in [3.63, 3.8) is 0 Å². The number of carbonyl (C=O) groups is 1. The van der Waals surface area contributed by atoms with E-state index in [4.69, 9.17) is 4.74 Å². The molecule has 0 saturated carbocycles. The zero-order valence-corrected chi connectivity index (χ0v) is 15.5. The minimum atomic E-state index is -0.156. The molecule has 0 aliphatic rings. The molecule has 0 aliphatic carbocycles. The smallest absolute Gasteiger partial charge is 0.282 e. The van der Waals surface area contributed by atoms with E-state index in [9.17, 15) is 4.79 Å². The van der Waals surface area contributed by atoms with Crippen molar-refractivity contribution in [3.8, 4) is 5.75 Å². The summed E-state index contributed by atoms with van der Waals surface area (Å²) in [5.41, 5.74) is 4.57. The first-order valence-electron chi connectivity index (χ1n) is 8.97. The molecule has 0 radical (unpaired) electrons. The van der Waals surface area contributed by atoms with E-state index in [1.54, 1.807) is 6.07 Å². The average molecular weight is 348 g/mol. The first-order valence-corrected chi connectivity index (χ1v) is 8.97. The van der Waals surface area contributed by atoms with Gasteiger partial charge in [-0.25, -0.2) is 4.68 Å². The van der Waals surface area contributed by atoms with E-state index in [0.29, 0.717) is 17.9 Å². The predicted molar refractivity (Wildman–Crippen MR) is 103 cm³/mol. The van der Waals surface area contributed by atoms with E-state index >= 15 is 0 Å². The molecule has 3 rings (SSSR count). The van der Waals surface area contributed by atoms with E-state index in [1.807, 2.05) is 62.4 Å². The van der Waals surface area contributed by atoms with Crippen LogP contribution in [0.3, 0.4) is 0 Å². The van der Waals surface area contributed by atoms with Crippen molar-refractivity contribution in [3.05, 3.63) is 82.7 Å². The first-order chi connectivity index (χ1) is 12.6. The van der Waals surface area contributed by atoms with E-state index in [-0.39, 0.29) is 5.91 Å². The monoisotopic (exact) mass is 348 g/mol. The number of hydrogen-bond donors (Lipinski definition) is 0. The molecule has 4 heteroatoms. The van der Waals surface area contributed by atoms with Gasteiger partial charge in [-0.1, -0.05) is 55.8 Å². The third-order valence-electron chi connectivity index (χ3n) is 4.49. The number of nitrogens with zero attached hydrogens (tertiary/aromatic N) is 2. The Bertz CT molecular complexity index is 898. The van der Waals surface area contributed by atoms with Gasteiger partial charge in [0.15, 0.2) is 0 Å². The molecule has 0 aliphatic heterocycles. The van der Waals surface area contributed by atoms with Gasteiger partial charge in [0.2, 0.25) is 0 Å². The van der Waals surface area contributed by atoms with Gasteiger partial charge in [0.05, 0.1) is 11.3 Å². The van der Waals surface area contributed by atoms with Gasteiger partial charge in [-0.3, -0.25) is 4.79 Å². The van der Waals surface area contributed by atoms with Gasteiger partial charge < -0.3 is 4.74 Å². The van der Waals surface area contributed by atoms with Crippen LogP contribution in [0, 0.1) is 13.8 Å². The molecule has 0 atom stereocenters. The van der Waals surface area contributed by atoms with Gasteiger partial charge >= 0.3 is 0 Å². The molecule has 0 spiro atoms. The summed E-state index contributed by atoms with van der Waals surface area (Å²) in [6, 6.07) is 17.3. The summed E-state index contributed by atoms with van der Waals surface area (Å²) >= 11 is 0. The molecule has 0 saturated heterocycles. The number of aryl methyl sites for hydroxylation is 1. The zero-order valence-electron chi connectivity index (χ0n) is 15.5. The maximum Gasteiger partial charge on any atom is 0.282 e. The second-order valence-electron chi connectivity index (χ2n) is 6.39. The van der Waals surface area contributed by atoms with Gasteiger partial charge in [0.1, 0.15) is 12.4 Å². The Kier molecular flexibility index (Phi) is 5.52. The van der Waals surface area contributed by atoms with Crippen molar-refractivity contribution in [1.82, 2.24) is 9.78 Å². The van der Waals surface area contributed by atoms with Crippen LogP contribution in [0.2, 0.25) is 0 Å². The molecule has 0 bridgehead atoms. The number of ether oxygens (including phenoxy) is 1. The number of carbonyl (C=O) groups excluding carboxylic acids is 1. The summed E-state index contributed by atoms with van der Waals surface area (Å²) in [5, 5.41) is 4.48. The van der Waals surface area contributed by atoms with Gasteiger partial charge in [-0.05, 0) is 43.5 Å². The molecule has 0 amide bonds. The molecule has 3 aromatic rings. The van der Waals surface area contributed by atoms with Crippen LogP contribution in [-0.2, 0) is 13.0 Å². The van der Waals surface area contributed by atoms with Gasteiger partial charge in [0.25, 0.3) is 5.91 Å². The van der Waals surface area contributed by atoms with Crippen molar-refractivity contribution in [2.75, 3.05) is 0 Å². The number of aromatic nitrogens is 2. The van der Waals surface area contributed by atoms with E-state index in [1.165, 1.54) is 4.68 Å². The van der Waals surface area contributed by atoms with E-state index in [2.05, 4.69) is 12.0 Å². The number of rotatable bonds is 6. The minimum Gasteiger partial charge on any atom is -0.488 e. The third-order valence-corrected chi connectivity index (χ3v) is 4.49. The minimum absolute atomic E-state index is 0.156. The molecular weight excluding hydrogens is 324 g/mol. The van der Waals surface area contributed by atoms with Crippen LogP contribution >= 0.6 is 0 Å². The fourth-order valence-corrected chi connectivity index (χ4v) is 3.10. The van der Waals surface area contributed by atoms with Gasteiger partial charge in [-0.15, -0.1) is 0 Å². The quantitative estimate of drug-likeness (QED) is 0.647. The third kappa shape index (κ3) is 3.69. The lowest BCUT2D eigenvalue weighted by atomic mass is 10.1. The molecule has 134 valence electrons. The van der Waals surface area contributed by atoms with Crippen molar-refractivity contribution >= 4 is 5.91 Å². The molecule has 1 aromatic heterocycles. The second kappa shape index (κ2) is 8.00. The largest absolute Gasteiger partial charge is 0.488 e. The van der Waals surface area contributed by atoms with Crippen LogP contribution in [0.25, 0.3) is 0 Å². The molecule has 1 heterocycles. The zero-order chi connectivity index (χ0) is 18.5. The Labute approximate surface area is 154 Å². The maximum atomic E-state index is 13.1. The second-order valence-corrected chi connectivity index (χ2v) is 6.39. The van der Waals surface area contributed by atoms with Crippen molar-refractivity contribution in [2.24, 2.45) is 0 Å². The van der Waals surface area contributed by atoms with Gasteiger partial charge in [-0.2, -0.15) is 5.10 Å². The lowest BCUT2D eigenvalue weighted by Crippen LogP contribution is -2.17. The van der Waals surface area contributed by atoms with E-state index < -0.39 is 0 Å². The number of benzene rings is 2. The molecule has 2 aromatic carbocycles. The molecular formula is C22H24N2O2. The highest BCUT2D eigenvalue weighted by molar-refractivity contribution is 5.98. The van der Waals surface area contributed by atoms with Crippen molar-refractivity contribution in [2.45, 2.75) is 40.2 Å². The fourth-order valence-electron chi connectivity index (χ4n) is 3.10. The van der Waals surface area contributed by atoms with Crippen LogP contribution in [0.15, 0.2) is 54.6 Å². The lowest BCUT2D eigenvalue weighted by molar-refractivity contribution is 0.0937. The molecule has 0 unspecified atom stereocenters. The Morgan fingerprint density at radius 2 is 1.73 bits per heavy atom. The SMILES string of the molecule is CCCc1c(C)nn(C(=O)c2ccccc2OCc2ccccc2)c1C. The number of hydrogen-bond acceptors (Lipinski definition) is 3. The van der Waals surface area contributed by atoms with Crippen LogP contribution in [0.4, 0.5) is 0 Å². The predicted octanol–water partition coefficient (Wildman–Crippen LogP) is 4.72. The summed E-state index contributed by atoms with van der Waals surface area (Å²) in [6.07, 6.45) is 1.95. The summed E-state index contributed by atoms with van der Waals surface area (Å²) in [6.45, 7) is 6.46. The van der Waals surface area contributed by atoms with Crippen LogP contribution < -0.4 is 4.74 Å². The Hall–Kier alpha value is -2.88. The maximum absolute atomic E-state index is 13.1. The highest BCUT2D eigenvalue weighted by atomic mass is 16.5. The van der Waals surface area contributed by atoms with Crippen LogP contribution in [0.5, 0.6) is 5.75 Å². The fraction of sp³-hybridized carbons (Fsp3) is 0.273. The average Bonchev–Trinajstić information content (AvgIpc) is 2.95. The molecule has 4 nitrogen and oxygen atoms in total. The first kappa shape index (κ1) is 17.9. The molecule has 0 N–H and O–H groups in total. The normalized spacial score (nSPS) is 10.7. The summed E-state index contributed by atoms with van der Waals surface area (Å²) < 4.78 is 7.43. The van der Waals surface area contributed by atoms with E-state index in [0.717, 1.165) is 35.4 Å². The Morgan fingerprint density at radius 3 is 2.46 bits per heavy atom. The Balaban J connectivity index is 1.88.